The summed E-state index contributed by atoms with van der Waals surface area (Å²) in [5.41, 5.74) is 0.648. The first-order valence-electron chi connectivity index (χ1n) is 6.95. The van der Waals surface area contributed by atoms with Gasteiger partial charge in [0.1, 0.15) is 24.7 Å². The van der Waals surface area contributed by atoms with Crippen LogP contribution < -0.4 is 4.90 Å². The van der Waals surface area contributed by atoms with E-state index in [1.807, 2.05) is 25.1 Å². The lowest BCUT2D eigenvalue weighted by Crippen LogP contribution is -2.35. The summed E-state index contributed by atoms with van der Waals surface area (Å²) >= 11 is 0. The van der Waals surface area contributed by atoms with E-state index in [9.17, 15) is 9.59 Å². The van der Waals surface area contributed by atoms with Gasteiger partial charge in [0.05, 0.1) is 12.1 Å². The third-order valence-electron chi connectivity index (χ3n) is 3.04. The van der Waals surface area contributed by atoms with E-state index in [4.69, 9.17) is 10.2 Å². The van der Waals surface area contributed by atoms with Gasteiger partial charge < -0.3 is 20.0 Å². The van der Waals surface area contributed by atoms with Crippen LogP contribution in [0.4, 0.5) is 5.82 Å². The lowest BCUT2D eigenvalue weighted by molar-refractivity contribution is -0.136. The van der Waals surface area contributed by atoms with Gasteiger partial charge in [-0.05, 0) is 26.2 Å². The second-order valence-corrected chi connectivity index (χ2v) is 5.36. The number of aliphatic carboxylic acids is 2. The van der Waals surface area contributed by atoms with Gasteiger partial charge in [-0.25, -0.2) is 9.97 Å². The molecule has 0 amide bonds. The van der Waals surface area contributed by atoms with E-state index < -0.39 is 25.0 Å². The van der Waals surface area contributed by atoms with Crippen molar-refractivity contribution in [3.63, 3.8) is 0 Å². The van der Waals surface area contributed by atoms with Crippen LogP contribution in [0, 0.1) is 0 Å². The van der Waals surface area contributed by atoms with Gasteiger partial charge in [0.15, 0.2) is 0 Å². The minimum absolute atomic E-state index is 0.317. The molecular formula is C15H18N4O4. The smallest absolute Gasteiger partial charge is 0.323 e. The molecule has 8 nitrogen and oxygen atoms in total. The Kier molecular flexibility index (Phi) is 5.07. The van der Waals surface area contributed by atoms with Gasteiger partial charge in [0.2, 0.25) is 0 Å². The molecule has 8 heteroatoms. The molecule has 2 rings (SSSR count). The number of carboxylic acid groups (broad SMARTS) is 2. The molecule has 0 aliphatic carbocycles. The number of fused-ring (bicyclic) bond motifs is 1. The maximum atomic E-state index is 11.1. The normalized spacial score (nSPS) is 10.9. The zero-order chi connectivity index (χ0) is 17.0. The average molecular weight is 318 g/mol. The van der Waals surface area contributed by atoms with Gasteiger partial charge in [-0.2, -0.15) is 0 Å². The van der Waals surface area contributed by atoms with Crippen LogP contribution in [0.3, 0.4) is 0 Å². The zero-order valence-corrected chi connectivity index (χ0v) is 12.9. The minimum Gasteiger partial charge on any atom is -0.480 e. The molecule has 0 spiro atoms. The van der Waals surface area contributed by atoms with Crippen molar-refractivity contribution in [3.05, 3.63) is 30.1 Å². The molecule has 23 heavy (non-hydrogen) atoms. The van der Waals surface area contributed by atoms with Crippen LogP contribution in [-0.2, 0) is 16.1 Å². The Morgan fingerprint density at radius 1 is 1.04 bits per heavy atom. The van der Waals surface area contributed by atoms with E-state index in [1.165, 1.54) is 4.90 Å². The summed E-state index contributed by atoms with van der Waals surface area (Å²) < 4.78 is 0. The summed E-state index contributed by atoms with van der Waals surface area (Å²) in [7, 11) is 3.73. The monoisotopic (exact) mass is 318 g/mol. The predicted octanol–water partition coefficient (Wildman–Crippen LogP) is 0.667. The maximum Gasteiger partial charge on any atom is 0.323 e. The van der Waals surface area contributed by atoms with Crippen molar-refractivity contribution in [1.29, 1.82) is 0 Å². The van der Waals surface area contributed by atoms with Crippen LogP contribution in [0.5, 0.6) is 0 Å². The summed E-state index contributed by atoms with van der Waals surface area (Å²) in [6.45, 7) is -0.435. The highest BCUT2D eigenvalue weighted by Crippen LogP contribution is 2.24. The number of rotatable bonds is 7. The number of hydrogen-bond donors (Lipinski definition) is 2. The Balaban J connectivity index is 2.57. The first-order chi connectivity index (χ1) is 10.9. The van der Waals surface area contributed by atoms with Gasteiger partial charge in [0, 0.05) is 5.39 Å². The molecule has 0 saturated carbocycles. The van der Waals surface area contributed by atoms with Crippen molar-refractivity contribution in [1.82, 2.24) is 14.9 Å². The summed E-state index contributed by atoms with van der Waals surface area (Å²) in [4.78, 5) is 34.1. The Morgan fingerprint density at radius 3 is 2.22 bits per heavy atom. The highest BCUT2D eigenvalue weighted by Gasteiger charge is 2.19. The molecule has 1 aromatic carbocycles. The number of benzene rings is 1. The van der Waals surface area contributed by atoms with Crippen LogP contribution in [0.25, 0.3) is 10.9 Å². The molecule has 1 aromatic heterocycles. The molecule has 0 aliphatic rings. The number of hydrogen-bond acceptors (Lipinski definition) is 6. The topological polar surface area (TPSA) is 107 Å². The standard InChI is InChI=1S/C15H18N4O4/c1-18(2)7-12-16-11-6-4-3-5-10(11)15(17-12)19(8-13(20)21)9-14(22)23/h3-6H,7-9H2,1-2H3,(H,20,21)(H,22,23). The molecule has 2 aromatic rings. The molecule has 2 N–H and O–H groups in total. The van der Waals surface area contributed by atoms with Gasteiger partial charge >= 0.3 is 11.9 Å². The quantitative estimate of drug-likeness (QED) is 0.767. The number of anilines is 1. The number of carboxylic acids is 2. The maximum absolute atomic E-state index is 11.1. The fourth-order valence-corrected chi connectivity index (χ4v) is 2.23. The summed E-state index contributed by atoms with van der Waals surface area (Å²) in [6, 6.07) is 7.14. The van der Waals surface area contributed by atoms with Crippen molar-refractivity contribution < 1.29 is 19.8 Å². The van der Waals surface area contributed by atoms with E-state index in [-0.39, 0.29) is 0 Å². The Labute approximate surface area is 133 Å². The number of para-hydroxylation sites is 1. The van der Waals surface area contributed by atoms with Crippen molar-refractivity contribution in [3.8, 4) is 0 Å². The van der Waals surface area contributed by atoms with Crippen LogP contribution in [-0.4, -0.2) is 64.2 Å². The molecule has 122 valence electrons. The van der Waals surface area contributed by atoms with Gasteiger partial charge in [-0.15, -0.1) is 0 Å². The third kappa shape index (κ3) is 4.36. The van der Waals surface area contributed by atoms with E-state index in [1.54, 1.807) is 18.2 Å². The fraction of sp³-hybridized carbons (Fsp3) is 0.333. The molecule has 0 unspecified atom stereocenters. The molecule has 1 heterocycles. The van der Waals surface area contributed by atoms with E-state index in [0.717, 1.165) is 0 Å². The lowest BCUT2D eigenvalue weighted by Gasteiger charge is -2.22. The highest BCUT2D eigenvalue weighted by atomic mass is 16.4. The summed E-state index contributed by atoms with van der Waals surface area (Å²) in [5, 5.41) is 18.7. The van der Waals surface area contributed by atoms with Crippen LogP contribution >= 0.6 is 0 Å². The molecule has 0 radical (unpaired) electrons. The summed E-state index contributed by atoms with van der Waals surface area (Å²) in [6.07, 6.45) is 0. The number of aromatic nitrogens is 2. The summed E-state index contributed by atoms with van der Waals surface area (Å²) in [5.74, 6) is -1.42. The van der Waals surface area contributed by atoms with E-state index in [2.05, 4.69) is 9.97 Å². The molecule has 0 fully saturated rings. The molecule has 0 aliphatic heterocycles. The van der Waals surface area contributed by atoms with Gasteiger partial charge in [-0.3, -0.25) is 9.59 Å². The van der Waals surface area contributed by atoms with Crippen LogP contribution in [0.1, 0.15) is 5.82 Å². The minimum atomic E-state index is -1.12. The molecule has 0 saturated heterocycles. The van der Waals surface area contributed by atoms with Crippen molar-refractivity contribution in [2.75, 3.05) is 32.1 Å². The Morgan fingerprint density at radius 2 is 1.65 bits per heavy atom. The predicted molar refractivity (Wildman–Crippen MR) is 84.4 cm³/mol. The van der Waals surface area contributed by atoms with Crippen molar-refractivity contribution >= 4 is 28.7 Å². The van der Waals surface area contributed by atoms with E-state index in [0.29, 0.717) is 29.1 Å². The van der Waals surface area contributed by atoms with Crippen molar-refractivity contribution in [2.24, 2.45) is 0 Å². The molecular weight excluding hydrogens is 300 g/mol. The van der Waals surface area contributed by atoms with Gasteiger partial charge in [0.25, 0.3) is 0 Å². The highest BCUT2D eigenvalue weighted by molar-refractivity contribution is 5.92. The first-order valence-corrected chi connectivity index (χ1v) is 6.95. The fourth-order valence-electron chi connectivity index (χ4n) is 2.23. The lowest BCUT2D eigenvalue weighted by atomic mass is 10.2. The second kappa shape index (κ2) is 7.01. The Hall–Kier alpha value is -2.74. The second-order valence-electron chi connectivity index (χ2n) is 5.36. The molecule has 0 bridgehead atoms. The van der Waals surface area contributed by atoms with Crippen molar-refractivity contribution in [2.45, 2.75) is 6.54 Å². The Bertz CT molecular complexity index is 716. The number of carbonyl (C=O) groups is 2. The largest absolute Gasteiger partial charge is 0.480 e. The van der Waals surface area contributed by atoms with E-state index >= 15 is 0 Å². The van der Waals surface area contributed by atoms with Crippen LogP contribution in [0.15, 0.2) is 24.3 Å². The zero-order valence-electron chi connectivity index (χ0n) is 12.9. The van der Waals surface area contributed by atoms with Gasteiger partial charge in [-0.1, -0.05) is 12.1 Å². The SMILES string of the molecule is CN(C)Cc1nc(N(CC(=O)O)CC(=O)O)c2ccccc2n1. The molecule has 0 atom stereocenters. The third-order valence-corrected chi connectivity index (χ3v) is 3.04. The number of nitrogens with zero attached hydrogens (tertiary/aromatic N) is 4. The van der Waals surface area contributed by atoms with Crippen LogP contribution in [0.2, 0.25) is 0 Å². The average Bonchev–Trinajstić information content (AvgIpc) is 2.44. The first kappa shape index (κ1) is 16.6.